The van der Waals surface area contributed by atoms with Crippen LogP contribution in [0.25, 0.3) is 22.5 Å². The van der Waals surface area contributed by atoms with Crippen molar-refractivity contribution in [3.8, 4) is 22.5 Å². The van der Waals surface area contributed by atoms with Crippen molar-refractivity contribution in [2.45, 2.75) is 32.6 Å². The van der Waals surface area contributed by atoms with Gasteiger partial charge >= 0.3 is 0 Å². The first kappa shape index (κ1) is 14.8. The van der Waals surface area contributed by atoms with Crippen LogP contribution < -0.4 is 0 Å². The number of benzene rings is 2. The highest BCUT2D eigenvalue weighted by atomic mass is 14.9. The molecule has 1 saturated carbocycles. The minimum absolute atomic E-state index is 0.365. The molecule has 6 rings (SSSR count). The van der Waals surface area contributed by atoms with E-state index in [0.717, 1.165) is 34.9 Å². The fourth-order valence-electron chi connectivity index (χ4n) is 4.57. The Bertz CT molecular complexity index is 929. The van der Waals surface area contributed by atoms with Crippen molar-refractivity contribution in [3.63, 3.8) is 0 Å². The molecular weight excluding hydrogens is 304 g/mol. The molecule has 0 amide bonds. The van der Waals surface area contributed by atoms with Gasteiger partial charge in [-0.05, 0) is 24.2 Å². The fourth-order valence-corrected chi connectivity index (χ4v) is 4.57. The summed E-state index contributed by atoms with van der Waals surface area (Å²) in [5, 5.41) is 0. The molecule has 0 radical (unpaired) electrons. The van der Waals surface area contributed by atoms with Gasteiger partial charge in [-0.2, -0.15) is 0 Å². The summed E-state index contributed by atoms with van der Waals surface area (Å²) in [4.78, 5) is 10.4. The SMILES string of the molecule is CC1(C)[C@H]2Cc3nc(-c4ccccc4)c(-c4ccccc4)nc3[C@@H]1C2. The van der Waals surface area contributed by atoms with Gasteiger partial charge in [-0.3, -0.25) is 0 Å². The number of nitrogens with zero attached hydrogens (tertiary/aromatic N) is 2. The van der Waals surface area contributed by atoms with Crippen molar-refractivity contribution in [3.05, 3.63) is 72.1 Å². The van der Waals surface area contributed by atoms with E-state index in [1.165, 1.54) is 17.8 Å². The third-order valence-electron chi connectivity index (χ3n) is 6.33. The molecule has 3 aliphatic rings. The Balaban J connectivity index is 1.74. The second-order valence-corrected chi connectivity index (χ2v) is 8.00. The molecule has 2 heteroatoms. The molecule has 2 nitrogen and oxygen atoms in total. The highest BCUT2D eigenvalue weighted by Crippen LogP contribution is 2.61. The minimum Gasteiger partial charge on any atom is -0.249 e. The lowest BCUT2D eigenvalue weighted by atomic mass is 9.49. The zero-order chi connectivity index (χ0) is 17.0. The van der Waals surface area contributed by atoms with Gasteiger partial charge in [0.1, 0.15) is 0 Å². The Labute approximate surface area is 149 Å². The normalized spacial score (nSPS) is 22.8. The average Bonchev–Trinajstić information content (AvgIpc) is 2.67. The average molecular weight is 326 g/mol. The third-order valence-corrected chi connectivity index (χ3v) is 6.33. The van der Waals surface area contributed by atoms with Gasteiger partial charge in [0.05, 0.1) is 22.8 Å². The Kier molecular flexibility index (Phi) is 3.12. The van der Waals surface area contributed by atoms with Crippen LogP contribution in [0.2, 0.25) is 0 Å². The number of aromatic nitrogens is 2. The number of hydrogen-bond donors (Lipinski definition) is 0. The maximum atomic E-state index is 5.21. The van der Waals surface area contributed by atoms with E-state index < -0.39 is 0 Å². The van der Waals surface area contributed by atoms with Crippen molar-refractivity contribution in [1.82, 2.24) is 9.97 Å². The quantitative estimate of drug-likeness (QED) is 0.622. The van der Waals surface area contributed by atoms with Crippen LogP contribution in [0.3, 0.4) is 0 Å². The molecule has 25 heavy (non-hydrogen) atoms. The number of hydrogen-bond acceptors (Lipinski definition) is 2. The maximum Gasteiger partial charge on any atom is 0.0968 e. The molecule has 2 atom stereocenters. The van der Waals surface area contributed by atoms with Crippen LogP contribution in [-0.2, 0) is 6.42 Å². The molecule has 124 valence electrons. The van der Waals surface area contributed by atoms with Crippen molar-refractivity contribution in [2.75, 3.05) is 0 Å². The van der Waals surface area contributed by atoms with Crippen molar-refractivity contribution in [1.29, 1.82) is 0 Å². The molecule has 0 aliphatic heterocycles. The fraction of sp³-hybridized carbons (Fsp3) is 0.304. The van der Waals surface area contributed by atoms with Gasteiger partial charge in [-0.1, -0.05) is 74.5 Å². The van der Waals surface area contributed by atoms with E-state index in [2.05, 4.69) is 74.5 Å². The summed E-state index contributed by atoms with van der Waals surface area (Å²) in [6.07, 6.45) is 2.34. The van der Waals surface area contributed by atoms with Crippen LogP contribution in [0.1, 0.15) is 37.6 Å². The zero-order valence-corrected chi connectivity index (χ0v) is 14.7. The van der Waals surface area contributed by atoms with Gasteiger partial charge in [0.2, 0.25) is 0 Å². The number of rotatable bonds is 2. The predicted molar refractivity (Wildman–Crippen MR) is 101 cm³/mol. The lowest BCUT2D eigenvalue weighted by molar-refractivity contribution is 0.0139. The van der Waals surface area contributed by atoms with Gasteiger partial charge in [0.15, 0.2) is 0 Å². The molecular formula is C23H22N2. The van der Waals surface area contributed by atoms with Crippen molar-refractivity contribution < 1.29 is 0 Å². The molecule has 3 aliphatic carbocycles. The third kappa shape index (κ3) is 2.17. The Morgan fingerprint density at radius 2 is 1.36 bits per heavy atom. The zero-order valence-electron chi connectivity index (χ0n) is 14.7. The van der Waals surface area contributed by atoms with E-state index in [9.17, 15) is 0 Å². The molecule has 2 aromatic carbocycles. The maximum absolute atomic E-state index is 5.21. The van der Waals surface area contributed by atoms with Crippen molar-refractivity contribution in [2.24, 2.45) is 11.3 Å². The van der Waals surface area contributed by atoms with Crippen LogP contribution in [0, 0.1) is 11.3 Å². The summed E-state index contributed by atoms with van der Waals surface area (Å²) in [7, 11) is 0. The lowest BCUT2D eigenvalue weighted by Gasteiger charge is -2.56. The second-order valence-electron chi connectivity index (χ2n) is 8.00. The summed E-state index contributed by atoms with van der Waals surface area (Å²) < 4.78 is 0. The molecule has 2 bridgehead atoms. The monoisotopic (exact) mass is 326 g/mol. The first-order chi connectivity index (χ1) is 12.1. The topological polar surface area (TPSA) is 25.8 Å². The Hall–Kier alpha value is -2.48. The first-order valence-corrected chi connectivity index (χ1v) is 9.16. The van der Waals surface area contributed by atoms with Crippen molar-refractivity contribution >= 4 is 0 Å². The van der Waals surface area contributed by atoms with Crippen LogP contribution in [0.15, 0.2) is 60.7 Å². The summed E-state index contributed by atoms with van der Waals surface area (Å²) >= 11 is 0. The Morgan fingerprint density at radius 3 is 1.92 bits per heavy atom. The largest absolute Gasteiger partial charge is 0.249 e. The standard InChI is InChI=1S/C23H22N2/c1-23(2)17-13-18(23)22-19(14-17)24-20(15-9-5-3-6-10-15)21(25-22)16-11-7-4-8-12-16/h3-12,17-18H,13-14H2,1-2H3/t17-,18+/m1/s1. The molecule has 1 aromatic heterocycles. The smallest absolute Gasteiger partial charge is 0.0968 e. The van der Waals surface area contributed by atoms with E-state index in [-0.39, 0.29) is 0 Å². The first-order valence-electron chi connectivity index (χ1n) is 9.16. The highest BCUT2D eigenvalue weighted by molar-refractivity contribution is 5.78. The van der Waals surface area contributed by atoms with Crippen LogP contribution in [0.5, 0.6) is 0 Å². The van der Waals surface area contributed by atoms with Gasteiger partial charge in [-0.15, -0.1) is 0 Å². The summed E-state index contributed by atoms with van der Waals surface area (Å²) in [5.41, 5.74) is 7.16. The van der Waals surface area contributed by atoms with Crippen LogP contribution >= 0.6 is 0 Å². The van der Waals surface area contributed by atoms with E-state index >= 15 is 0 Å². The predicted octanol–water partition coefficient (Wildman–Crippen LogP) is 5.50. The molecule has 0 N–H and O–H groups in total. The van der Waals surface area contributed by atoms with E-state index in [4.69, 9.17) is 9.97 Å². The molecule has 1 fully saturated rings. The Morgan fingerprint density at radius 1 is 0.800 bits per heavy atom. The lowest BCUT2D eigenvalue weighted by Crippen LogP contribution is -2.49. The molecule has 1 heterocycles. The molecule has 0 saturated heterocycles. The van der Waals surface area contributed by atoms with Crippen LogP contribution in [-0.4, -0.2) is 9.97 Å². The summed E-state index contributed by atoms with van der Waals surface area (Å²) in [6, 6.07) is 21.0. The van der Waals surface area contributed by atoms with Gasteiger partial charge in [0, 0.05) is 17.0 Å². The minimum atomic E-state index is 0.365. The van der Waals surface area contributed by atoms with E-state index in [1.54, 1.807) is 0 Å². The summed E-state index contributed by atoms with van der Waals surface area (Å²) in [6.45, 7) is 4.79. The second kappa shape index (κ2) is 5.26. The van der Waals surface area contributed by atoms with E-state index in [1.807, 2.05) is 0 Å². The van der Waals surface area contributed by atoms with Gasteiger partial charge in [0.25, 0.3) is 0 Å². The van der Waals surface area contributed by atoms with E-state index in [0.29, 0.717) is 11.3 Å². The highest BCUT2D eigenvalue weighted by Gasteiger charge is 2.54. The molecule has 0 unspecified atom stereocenters. The van der Waals surface area contributed by atoms with Crippen LogP contribution in [0.4, 0.5) is 0 Å². The van der Waals surface area contributed by atoms with Gasteiger partial charge in [-0.25, -0.2) is 9.97 Å². The van der Waals surface area contributed by atoms with Gasteiger partial charge < -0.3 is 0 Å². The molecule has 3 aromatic rings. The molecule has 0 spiro atoms. The summed E-state index contributed by atoms with van der Waals surface area (Å²) in [5.74, 6) is 1.31.